The lowest BCUT2D eigenvalue weighted by molar-refractivity contribution is -0.117. The van der Waals surface area contributed by atoms with Gasteiger partial charge in [0, 0.05) is 23.1 Å². The summed E-state index contributed by atoms with van der Waals surface area (Å²) in [6.07, 6.45) is 0.267. The molecule has 0 bridgehead atoms. The summed E-state index contributed by atoms with van der Waals surface area (Å²) in [6.45, 7) is 0. The number of carbonyl (C=O) groups excluding carboxylic acids is 2. The van der Waals surface area contributed by atoms with Gasteiger partial charge in [-0.25, -0.2) is 4.79 Å². The van der Waals surface area contributed by atoms with Crippen molar-refractivity contribution >= 4 is 45.7 Å². The third-order valence-corrected chi connectivity index (χ3v) is 6.45. The van der Waals surface area contributed by atoms with E-state index in [1.54, 1.807) is 30.3 Å². The van der Waals surface area contributed by atoms with E-state index in [0.29, 0.717) is 32.3 Å². The molecule has 1 aromatic heterocycles. The number of anilines is 2. The molecular formula is C26H24ClN5O4S. The molecule has 0 saturated heterocycles. The molecule has 3 amide bonds. The molecule has 0 aliphatic carbocycles. The normalized spacial score (nSPS) is 11.3. The Morgan fingerprint density at radius 3 is 2.41 bits per heavy atom. The van der Waals surface area contributed by atoms with Crippen molar-refractivity contribution in [2.45, 2.75) is 12.5 Å². The first kappa shape index (κ1) is 25.9. The number of hydrogen-bond acceptors (Lipinski definition) is 7. The van der Waals surface area contributed by atoms with Gasteiger partial charge in [-0.1, -0.05) is 65.4 Å². The van der Waals surface area contributed by atoms with Crippen molar-refractivity contribution in [2.75, 3.05) is 24.9 Å². The fourth-order valence-corrected chi connectivity index (χ4v) is 4.33. The molecule has 0 saturated carbocycles. The zero-order valence-corrected chi connectivity index (χ0v) is 21.6. The molecule has 0 aliphatic heterocycles. The van der Waals surface area contributed by atoms with E-state index >= 15 is 0 Å². The van der Waals surface area contributed by atoms with Gasteiger partial charge in [0.05, 0.1) is 19.9 Å². The van der Waals surface area contributed by atoms with Crippen LogP contribution in [0.15, 0.2) is 72.8 Å². The zero-order chi connectivity index (χ0) is 26.2. The minimum atomic E-state index is -0.894. The summed E-state index contributed by atoms with van der Waals surface area (Å²) in [4.78, 5) is 26.1. The molecule has 0 aliphatic rings. The summed E-state index contributed by atoms with van der Waals surface area (Å²) in [6, 6.07) is 20.1. The molecule has 0 radical (unpaired) electrons. The van der Waals surface area contributed by atoms with Crippen molar-refractivity contribution < 1.29 is 19.1 Å². The summed E-state index contributed by atoms with van der Waals surface area (Å²) in [5.41, 5.74) is 2.13. The number of nitrogens with one attached hydrogen (secondary N) is 3. The standard InChI is InChI=1S/C26H24ClN5O4S/c1-35-19-12-13-20(22(15-19)36-2)28-25(34)29-21(14-16-6-4-3-5-7-16)23(33)30-26-32-31-24(37-26)17-8-10-18(27)11-9-17/h3-13,15,21H,14H2,1-2H3,(H2,28,29,34)(H,30,32,33). The number of nitrogens with zero attached hydrogens (tertiary/aromatic N) is 2. The minimum Gasteiger partial charge on any atom is -0.497 e. The number of methoxy groups -OCH3 is 2. The maximum Gasteiger partial charge on any atom is 0.320 e. The average molecular weight is 538 g/mol. The largest absolute Gasteiger partial charge is 0.497 e. The molecule has 1 unspecified atom stereocenters. The molecule has 4 aromatic rings. The molecule has 190 valence electrons. The lowest BCUT2D eigenvalue weighted by Crippen LogP contribution is -2.47. The van der Waals surface area contributed by atoms with E-state index in [1.807, 2.05) is 42.5 Å². The Balaban J connectivity index is 1.48. The van der Waals surface area contributed by atoms with E-state index in [0.717, 1.165) is 11.1 Å². The summed E-state index contributed by atoms with van der Waals surface area (Å²) in [5, 5.41) is 18.0. The number of benzene rings is 3. The molecule has 4 rings (SSSR count). The second kappa shape index (κ2) is 12.2. The second-order valence-corrected chi connectivity index (χ2v) is 9.23. The van der Waals surface area contributed by atoms with Crippen LogP contribution in [0.25, 0.3) is 10.6 Å². The van der Waals surface area contributed by atoms with Crippen molar-refractivity contribution in [3.63, 3.8) is 0 Å². The predicted octanol–water partition coefficient (Wildman–Crippen LogP) is 5.25. The molecule has 0 fully saturated rings. The number of urea groups is 1. The molecule has 0 spiro atoms. The molecule has 37 heavy (non-hydrogen) atoms. The highest BCUT2D eigenvalue weighted by molar-refractivity contribution is 7.18. The van der Waals surface area contributed by atoms with Crippen LogP contribution in [-0.2, 0) is 11.2 Å². The van der Waals surface area contributed by atoms with Gasteiger partial charge in [0.1, 0.15) is 22.5 Å². The van der Waals surface area contributed by atoms with Crippen molar-refractivity contribution in [3.8, 4) is 22.1 Å². The van der Waals surface area contributed by atoms with Gasteiger partial charge in [0.2, 0.25) is 11.0 Å². The lowest BCUT2D eigenvalue weighted by Gasteiger charge is -2.19. The van der Waals surface area contributed by atoms with Crippen LogP contribution in [0, 0.1) is 0 Å². The number of hydrogen-bond donors (Lipinski definition) is 3. The molecule has 3 aromatic carbocycles. The summed E-state index contributed by atoms with van der Waals surface area (Å²) >= 11 is 7.18. The highest BCUT2D eigenvalue weighted by Gasteiger charge is 2.23. The van der Waals surface area contributed by atoms with Crippen LogP contribution in [0.4, 0.5) is 15.6 Å². The number of carbonyl (C=O) groups is 2. The summed E-state index contributed by atoms with van der Waals surface area (Å²) < 4.78 is 10.5. The van der Waals surface area contributed by atoms with Crippen molar-refractivity contribution in [3.05, 3.63) is 83.4 Å². The second-order valence-electron chi connectivity index (χ2n) is 7.82. The Hall–Kier alpha value is -4.15. The molecule has 11 heteroatoms. The Morgan fingerprint density at radius 2 is 1.70 bits per heavy atom. The summed E-state index contributed by atoms with van der Waals surface area (Å²) in [5.74, 6) is 0.570. The van der Waals surface area contributed by atoms with Gasteiger partial charge in [0.25, 0.3) is 0 Å². The predicted molar refractivity (Wildman–Crippen MR) is 145 cm³/mol. The first-order valence-electron chi connectivity index (χ1n) is 11.2. The number of ether oxygens (including phenoxy) is 2. The third kappa shape index (κ3) is 6.96. The molecule has 3 N–H and O–H groups in total. The van der Waals surface area contributed by atoms with E-state index in [9.17, 15) is 9.59 Å². The van der Waals surface area contributed by atoms with Gasteiger partial charge in [-0.15, -0.1) is 10.2 Å². The van der Waals surface area contributed by atoms with Crippen LogP contribution in [0.2, 0.25) is 5.02 Å². The van der Waals surface area contributed by atoms with Gasteiger partial charge in [0.15, 0.2) is 0 Å². The number of rotatable bonds is 9. The monoisotopic (exact) mass is 537 g/mol. The number of aromatic nitrogens is 2. The molecule has 1 heterocycles. The van der Waals surface area contributed by atoms with Crippen LogP contribution in [0.3, 0.4) is 0 Å². The lowest BCUT2D eigenvalue weighted by atomic mass is 10.1. The van der Waals surface area contributed by atoms with Crippen molar-refractivity contribution in [1.29, 1.82) is 0 Å². The fraction of sp³-hybridized carbons (Fsp3) is 0.154. The topological polar surface area (TPSA) is 114 Å². The molecule has 1 atom stereocenters. The fourth-order valence-electron chi connectivity index (χ4n) is 3.45. The number of halogens is 1. The van der Waals surface area contributed by atoms with Gasteiger partial charge in [-0.2, -0.15) is 0 Å². The Labute approximate surface area is 222 Å². The maximum absolute atomic E-state index is 13.2. The minimum absolute atomic E-state index is 0.267. The summed E-state index contributed by atoms with van der Waals surface area (Å²) in [7, 11) is 3.03. The van der Waals surface area contributed by atoms with Crippen molar-refractivity contribution in [1.82, 2.24) is 15.5 Å². The van der Waals surface area contributed by atoms with Gasteiger partial charge in [-0.3, -0.25) is 10.1 Å². The average Bonchev–Trinajstić information content (AvgIpc) is 3.38. The smallest absolute Gasteiger partial charge is 0.320 e. The maximum atomic E-state index is 13.2. The van der Waals surface area contributed by atoms with Gasteiger partial charge in [-0.05, 0) is 29.8 Å². The van der Waals surface area contributed by atoms with E-state index < -0.39 is 18.0 Å². The van der Waals surface area contributed by atoms with Crippen molar-refractivity contribution in [2.24, 2.45) is 0 Å². The van der Waals surface area contributed by atoms with Gasteiger partial charge >= 0.3 is 6.03 Å². The van der Waals surface area contributed by atoms with E-state index in [2.05, 4.69) is 26.1 Å². The van der Waals surface area contributed by atoms with Crippen LogP contribution in [0.1, 0.15) is 5.56 Å². The van der Waals surface area contributed by atoms with E-state index in [4.69, 9.17) is 21.1 Å². The Kier molecular flexibility index (Phi) is 8.55. The van der Waals surface area contributed by atoms with Crippen LogP contribution in [-0.4, -0.2) is 42.4 Å². The quantitative estimate of drug-likeness (QED) is 0.269. The Morgan fingerprint density at radius 1 is 0.946 bits per heavy atom. The zero-order valence-electron chi connectivity index (χ0n) is 20.0. The van der Waals surface area contributed by atoms with Crippen LogP contribution in [0.5, 0.6) is 11.5 Å². The molecule has 9 nitrogen and oxygen atoms in total. The van der Waals surface area contributed by atoms with Crippen LogP contribution >= 0.6 is 22.9 Å². The van der Waals surface area contributed by atoms with Crippen LogP contribution < -0.4 is 25.4 Å². The van der Waals surface area contributed by atoms with E-state index in [-0.39, 0.29) is 6.42 Å². The highest BCUT2D eigenvalue weighted by Crippen LogP contribution is 2.29. The SMILES string of the molecule is COc1ccc(NC(=O)NC(Cc2ccccc2)C(=O)Nc2nnc(-c3ccc(Cl)cc3)s2)c(OC)c1. The third-order valence-electron chi connectivity index (χ3n) is 5.31. The molecular weight excluding hydrogens is 514 g/mol. The van der Waals surface area contributed by atoms with E-state index in [1.165, 1.54) is 25.6 Å². The highest BCUT2D eigenvalue weighted by atomic mass is 35.5. The first-order chi connectivity index (χ1) is 17.9. The number of amides is 3. The van der Waals surface area contributed by atoms with Gasteiger partial charge < -0.3 is 20.1 Å². The Bertz CT molecular complexity index is 1370. The first-order valence-corrected chi connectivity index (χ1v) is 12.4.